The van der Waals surface area contributed by atoms with Crippen LogP contribution in [0.3, 0.4) is 0 Å². The normalized spacial score (nSPS) is 15.3. The zero-order valence-electron chi connectivity index (χ0n) is 17.2. The van der Waals surface area contributed by atoms with Gasteiger partial charge < -0.3 is 20.5 Å². The largest absolute Gasteiger partial charge is 0.493 e. The molecule has 7 nitrogen and oxygen atoms in total. The van der Waals surface area contributed by atoms with Crippen LogP contribution in [0.1, 0.15) is 18.4 Å². The van der Waals surface area contributed by atoms with Crippen LogP contribution >= 0.6 is 11.6 Å². The summed E-state index contributed by atoms with van der Waals surface area (Å²) in [6.07, 6.45) is 2.03. The van der Waals surface area contributed by atoms with Gasteiger partial charge in [-0.15, -0.1) is 0 Å². The van der Waals surface area contributed by atoms with Crippen LogP contribution in [0.4, 0.5) is 11.8 Å². The number of hydrogen-bond donors (Lipinski definition) is 2. The van der Waals surface area contributed by atoms with E-state index in [1.807, 2.05) is 24.3 Å². The third-order valence-electron chi connectivity index (χ3n) is 5.47. The number of nitrogens with zero attached hydrogens (tertiary/aromatic N) is 3. The lowest BCUT2D eigenvalue weighted by atomic mass is 10.0. The maximum absolute atomic E-state index is 6.19. The molecule has 2 heterocycles. The zero-order valence-corrected chi connectivity index (χ0v) is 17.9. The Morgan fingerprint density at radius 3 is 2.40 bits per heavy atom. The first-order valence-electron chi connectivity index (χ1n) is 9.98. The SMILES string of the molecule is COc1cc2nc(NC3CCN(Cc4ccc(Cl)cc4)CC3)nc(N)c2cc1OC. The number of piperidine rings is 1. The topological polar surface area (TPSA) is 85.5 Å². The van der Waals surface area contributed by atoms with Gasteiger partial charge in [0.15, 0.2) is 11.5 Å². The first-order valence-corrected chi connectivity index (χ1v) is 10.4. The van der Waals surface area contributed by atoms with E-state index in [0.717, 1.165) is 48.4 Å². The number of hydrogen-bond acceptors (Lipinski definition) is 7. The third-order valence-corrected chi connectivity index (χ3v) is 5.72. The third kappa shape index (κ3) is 4.52. The number of anilines is 2. The van der Waals surface area contributed by atoms with Crippen LogP contribution in [-0.2, 0) is 6.54 Å². The van der Waals surface area contributed by atoms with Crippen LogP contribution < -0.4 is 20.5 Å². The summed E-state index contributed by atoms with van der Waals surface area (Å²) in [7, 11) is 3.20. The Bertz CT molecular complexity index is 1020. The summed E-state index contributed by atoms with van der Waals surface area (Å²) in [5, 5.41) is 4.97. The summed E-state index contributed by atoms with van der Waals surface area (Å²) in [5.41, 5.74) is 8.19. The van der Waals surface area contributed by atoms with Crippen molar-refractivity contribution in [3.8, 4) is 11.5 Å². The summed E-state index contributed by atoms with van der Waals surface area (Å²) in [5.74, 6) is 2.19. The van der Waals surface area contributed by atoms with Crippen molar-refractivity contribution in [2.24, 2.45) is 0 Å². The van der Waals surface area contributed by atoms with Gasteiger partial charge in [0.05, 0.1) is 19.7 Å². The van der Waals surface area contributed by atoms with Gasteiger partial charge in [-0.3, -0.25) is 4.90 Å². The molecule has 0 unspecified atom stereocenters. The molecule has 0 bridgehead atoms. The Morgan fingerprint density at radius 2 is 1.73 bits per heavy atom. The standard InChI is InChI=1S/C22H26ClN5O2/c1-29-19-11-17-18(12-20(19)30-2)26-22(27-21(17)24)25-16-7-9-28(10-8-16)13-14-3-5-15(23)6-4-14/h3-6,11-12,16H,7-10,13H2,1-2H3,(H3,24,25,26,27). The van der Waals surface area contributed by atoms with Gasteiger partial charge >= 0.3 is 0 Å². The highest BCUT2D eigenvalue weighted by atomic mass is 35.5. The van der Waals surface area contributed by atoms with E-state index in [0.29, 0.717) is 29.3 Å². The molecule has 3 aromatic rings. The van der Waals surface area contributed by atoms with E-state index < -0.39 is 0 Å². The molecule has 1 aromatic heterocycles. The van der Waals surface area contributed by atoms with Crippen molar-refractivity contribution in [2.45, 2.75) is 25.4 Å². The molecule has 0 aliphatic carbocycles. The molecule has 0 spiro atoms. The molecule has 4 rings (SSSR count). The van der Waals surface area contributed by atoms with Crippen molar-refractivity contribution in [3.05, 3.63) is 47.0 Å². The molecule has 0 amide bonds. The van der Waals surface area contributed by atoms with E-state index in [9.17, 15) is 0 Å². The number of nitrogens with two attached hydrogens (primary N) is 1. The number of rotatable bonds is 6. The smallest absolute Gasteiger partial charge is 0.225 e. The lowest BCUT2D eigenvalue weighted by molar-refractivity contribution is 0.211. The molecule has 1 saturated heterocycles. The second-order valence-corrected chi connectivity index (χ2v) is 7.91. The second kappa shape index (κ2) is 8.93. The van der Waals surface area contributed by atoms with Crippen LogP contribution in [0.5, 0.6) is 11.5 Å². The van der Waals surface area contributed by atoms with Gasteiger partial charge in [-0.2, -0.15) is 4.98 Å². The fourth-order valence-electron chi connectivity index (χ4n) is 3.81. The highest BCUT2D eigenvalue weighted by Crippen LogP contribution is 2.33. The minimum Gasteiger partial charge on any atom is -0.493 e. The maximum Gasteiger partial charge on any atom is 0.225 e. The summed E-state index contributed by atoms with van der Waals surface area (Å²) < 4.78 is 10.7. The van der Waals surface area contributed by atoms with Crippen LogP contribution in [0.25, 0.3) is 10.9 Å². The van der Waals surface area contributed by atoms with Gasteiger partial charge in [-0.1, -0.05) is 23.7 Å². The molecule has 30 heavy (non-hydrogen) atoms. The molecule has 1 aliphatic rings. The number of methoxy groups -OCH3 is 2. The number of fused-ring (bicyclic) bond motifs is 1. The van der Waals surface area contributed by atoms with Crippen molar-refractivity contribution in [1.82, 2.24) is 14.9 Å². The van der Waals surface area contributed by atoms with Gasteiger partial charge in [0, 0.05) is 42.2 Å². The van der Waals surface area contributed by atoms with Crippen LogP contribution in [0.15, 0.2) is 36.4 Å². The Morgan fingerprint density at radius 1 is 1.07 bits per heavy atom. The lowest BCUT2D eigenvalue weighted by Crippen LogP contribution is -2.39. The molecule has 158 valence electrons. The number of aromatic nitrogens is 2. The Hall–Kier alpha value is -2.77. The van der Waals surface area contributed by atoms with Crippen LogP contribution in [0.2, 0.25) is 5.02 Å². The quantitative estimate of drug-likeness (QED) is 0.615. The van der Waals surface area contributed by atoms with Gasteiger partial charge in [0.25, 0.3) is 0 Å². The molecular weight excluding hydrogens is 402 g/mol. The molecule has 2 aromatic carbocycles. The van der Waals surface area contributed by atoms with Crippen LogP contribution in [-0.4, -0.2) is 48.2 Å². The minimum atomic E-state index is 0.309. The maximum atomic E-state index is 6.19. The van der Waals surface area contributed by atoms with Gasteiger partial charge in [-0.05, 0) is 36.6 Å². The predicted octanol–water partition coefficient (Wildman–Crippen LogP) is 3.96. The highest BCUT2D eigenvalue weighted by Gasteiger charge is 2.20. The van der Waals surface area contributed by atoms with Gasteiger partial charge in [0.1, 0.15) is 5.82 Å². The van der Waals surface area contributed by atoms with E-state index in [4.69, 9.17) is 26.8 Å². The lowest BCUT2D eigenvalue weighted by Gasteiger charge is -2.32. The monoisotopic (exact) mass is 427 g/mol. The van der Waals surface area contributed by atoms with Crippen molar-refractivity contribution in [1.29, 1.82) is 0 Å². The first-order chi connectivity index (χ1) is 14.6. The number of halogens is 1. The number of nitrogen functional groups attached to an aromatic ring is 1. The average molecular weight is 428 g/mol. The van der Waals surface area contributed by atoms with E-state index in [2.05, 4.69) is 32.3 Å². The average Bonchev–Trinajstić information content (AvgIpc) is 2.76. The molecule has 3 N–H and O–H groups in total. The first kappa shape index (κ1) is 20.5. The molecule has 1 fully saturated rings. The zero-order chi connectivity index (χ0) is 21.1. The molecule has 0 saturated carbocycles. The van der Waals surface area contributed by atoms with Crippen molar-refractivity contribution in [2.75, 3.05) is 38.4 Å². The summed E-state index contributed by atoms with van der Waals surface area (Å²) in [6.45, 7) is 2.95. The highest BCUT2D eigenvalue weighted by molar-refractivity contribution is 6.30. The van der Waals surface area contributed by atoms with Gasteiger partial charge in [-0.25, -0.2) is 4.98 Å². The van der Waals surface area contributed by atoms with Crippen molar-refractivity contribution >= 4 is 34.3 Å². The minimum absolute atomic E-state index is 0.309. The molecule has 0 radical (unpaired) electrons. The Kier molecular flexibility index (Phi) is 6.11. The summed E-state index contributed by atoms with van der Waals surface area (Å²) >= 11 is 5.97. The molecule has 8 heteroatoms. The Balaban J connectivity index is 1.41. The van der Waals surface area contributed by atoms with Crippen molar-refractivity contribution < 1.29 is 9.47 Å². The summed E-state index contributed by atoms with van der Waals surface area (Å²) in [6, 6.07) is 12.0. The Labute approximate surface area is 181 Å². The van der Waals surface area contributed by atoms with Crippen molar-refractivity contribution in [3.63, 3.8) is 0 Å². The number of benzene rings is 2. The van der Waals surface area contributed by atoms with Gasteiger partial charge in [0.2, 0.25) is 5.95 Å². The second-order valence-electron chi connectivity index (χ2n) is 7.48. The fraction of sp³-hybridized carbons (Fsp3) is 0.364. The van der Waals surface area contributed by atoms with E-state index >= 15 is 0 Å². The molecule has 1 aliphatic heterocycles. The molecular formula is C22H26ClN5O2. The summed E-state index contributed by atoms with van der Waals surface area (Å²) in [4.78, 5) is 11.6. The van der Waals surface area contributed by atoms with Crippen LogP contribution in [0, 0.1) is 0 Å². The predicted molar refractivity (Wildman–Crippen MR) is 120 cm³/mol. The fourth-order valence-corrected chi connectivity index (χ4v) is 3.94. The number of ether oxygens (including phenoxy) is 2. The van der Waals surface area contributed by atoms with E-state index in [1.165, 1.54) is 5.56 Å². The number of likely N-dealkylation sites (tertiary alicyclic amines) is 1. The van der Waals surface area contributed by atoms with E-state index in [-0.39, 0.29) is 0 Å². The molecule has 0 atom stereocenters. The van der Waals surface area contributed by atoms with E-state index in [1.54, 1.807) is 14.2 Å². The number of nitrogens with one attached hydrogen (secondary N) is 1.